The van der Waals surface area contributed by atoms with E-state index in [1.54, 1.807) is 12.1 Å². The number of carbonyl (C=O) groups is 1. The summed E-state index contributed by atoms with van der Waals surface area (Å²) < 4.78 is 0. The average molecular weight is 185 g/mol. The first-order valence-corrected chi connectivity index (χ1v) is 4.04. The summed E-state index contributed by atoms with van der Waals surface area (Å²) in [5.41, 5.74) is 1.19. The van der Waals surface area contributed by atoms with Crippen LogP contribution in [0, 0.1) is 0 Å². The molecule has 1 aromatic rings. The van der Waals surface area contributed by atoms with Gasteiger partial charge in [-0.25, -0.2) is 4.79 Å². The number of hydrogen-bond donors (Lipinski definition) is 1. The van der Waals surface area contributed by atoms with Crippen LogP contribution >= 0.6 is 11.6 Å². The molecule has 0 atom stereocenters. The molecule has 0 amide bonds. The zero-order chi connectivity index (χ0) is 9.14. The van der Waals surface area contributed by atoms with E-state index < -0.39 is 5.97 Å². The fourth-order valence-electron chi connectivity index (χ4n) is 0.978. The minimum absolute atomic E-state index is 0.249. The Morgan fingerprint density at radius 2 is 2.17 bits per heavy atom. The summed E-state index contributed by atoms with van der Waals surface area (Å²) in [4.78, 5) is 10.6. The van der Waals surface area contributed by atoms with E-state index >= 15 is 0 Å². The molecule has 0 aliphatic carbocycles. The topological polar surface area (TPSA) is 37.3 Å². The second-order valence-corrected chi connectivity index (χ2v) is 2.94. The predicted octanol–water partition coefficient (Wildman–Crippen LogP) is 2.60. The zero-order valence-electron chi connectivity index (χ0n) is 6.67. The molecule has 0 saturated heterocycles. The molecule has 0 aliphatic heterocycles. The molecule has 0 bridgehead atoms. The fourth-order valence-corrected chi connectivity index (χ4v) is 1.24. The normalized spacial score (nSPS) is 9.83. The van der Waals surface area contributed by atoms with Crippen molar-refractivity contribution in [2.24, 2.45) is 0 Å². The molecule has 1 aromatic carbocycles. The Morgan fingerprint density at radius 3 is 2.67 bits per heavy atom. The van der Waals surface area contributed by atoms with Crippen molar-refractivity contribution >= 4 is 17.6 Å². The Balaban J connectivity index is 3.15. The lowest BCUT2D eigenvalue weighted by molar-refractivity contribution is 0.0697. The number of carboxylic acids is 1. The molecule has 0 unspecified atom stereocenters. The van der Waals surface area contributed by atoms with Gasteiger partial charge in [0.25, 0.3) is 0 Å². The highest BCUT2D eigenvalue weighted by Gasteiger charge is 2.04. The maximum atomic E-state index is 10.6. The van der Waals surface area contributed by atoms with Gasteiger partial charge in [-0.05, 0) is 30.2 Å². The van der Waals surface area contributed by atoms with E-state index in [9.17, 15) is 4.79 Å². The number of carboxylic acid groups (broad SMARTS) is 1. The van der Waals surface area contributed by atoms with Gasteiger partial charge in [0.05, 0.1) is 5.56 Å². The van der Waals surface area contributed by atoms with Gasteiger partial charge in [0.2, 0.25) is 0 Å². The third kappa shape index (κ3) is 1.98. The molecule has 64 valence electrons. The first-order chi connectivity index (χ1) is 5.63. The SMILES string of the molecule is CCc1cc(Cl)cc(C(=O)O)c1. The standard InChI is InChI=1S/C9H9ClO2/c1-2-6-3-7(9(11)12)5-8(10)4-6/h3-5H,2H2,1H3,(H,11,12). The van der Waals surface area contributed by atoms with Gasteiger partial charge < -0.3 is 5.11 Å². The smallest absolute Gasteiger partial charge is 0.335 e. The largest absolute Gasteiger partial charge is 0.478 e. The summed E-state index contributed by atoms with van der Waals surface area (Å²) in [6, 6.07) is 4.85. The molecule has 2 nitrogen and oxygen atoms in total. The number of rotatable bonds is 2. The van der Waals surface area contributed by atoms with Crippen molar-refractivity contribution in [1.29, 1.82) is 0 Å². The molecule has 12 heavy (non-hydrogen) atoms. The molecule has 0 aliphatic rings. The summed E-state index contributed by atoms with van der Waals surface area (Å²) >= 11 is 5.71. The fraction of sp³-hybridized carbons (Fsp3) is 0.222. The molecule has 3 heteroatoms. The van der Waals surface area contributed by atoms with Gasteiger partial charge in [-0.3, -0.25) is 0 Å². The van der Waals surface area contributed by atoms with Crippen LogP contribution in [0.4, 0.5) is 0 Å². The molecule has 0 spiro atoms. The lowest BCUT2D eigenvalue weighted by Crippen LogP contribution is -1.97. The van der Waals surface area contributed by atoms with Crippen molar-refractivity contribution in [2.45, 2.75) is 13.3 Å². The number of benzene rings is 1. The lowest BCUT2D eigenvalue weighted by atomic mass is 10.1. The van der Waals surface area contributed by atoms with Crippen molar-refractivity contribution in [1.82, 2.24) is 0 Å². The number of aryl methyl sites for hydroxylation is 1. The molecular weight excluding hydrogens is 176 g/mol. The van der Waals surface area contributed by atoms with Gasteiger partial charge >= 0.3 is 5.97 Å². The van der Waals surface area contributed by atoms with Crippen LogP contribution in [0.1, 0.15) is 22.8 Å². The van der Waals surface area contributed by atoms with Crippen molar-refractivity contribution < 1.29 is 9.90 Å². The highest BCUT2D eigenvalue weighted by atomic mass is 35.5. The molecular formula is C9H9ClO2. The van der Waals surface area contributed by atoms with Crippen LogP contribution in [0.5, 0.6) is 0 Å². The maximum Gasteiger partial charge on any atom is 0.335 e. The summed E-state index contributed by atoms with van der Waals surface area (Å²) in [7, 11) is 0. The van der Waals surface area contributed by atoms with E-state index in [1.165, 1.54) is 6.07 Å². The second-order valence-electron chi connectivity index (χ2n) is 2.51. The first kappa shape index (κ1) is 9.07. The van der Waals surface area contributed by atoms with Gasteiger partial charge in [0.1, 0.15) is 0 Å². The van der Waals surface area contributed by atoms with Crippen LogP contribution < -0.4 is 0 Å². The highest BCUT2D eigenvalue weighted by molar-refractivity contribution is 6.31. The minimum atomic E-state index is -0.938. The monoisotopic (exact) mass is 184 g/mol. The molecule has 1 N–H and O–H groups in total. The Labute approximate surface area is 75.8 Å². The second kappa shape index (κ2) is 3.59. The average Bonchev–Trinajstić information content (AvgIpc) is 2.03. The van der Waals surface area contributed by atoms with Crippen molar-refractivity contribution in [3.63, 3.8) is 0 Å². The summed E-state index contributed by atoms with van der Waals surface area (Å²) in [5.74, 6) is -0.938. The lowest BCUT2D eigenvalue weighted by Gasteiger charge is -2.00. The summed E-state index contributed by atoms with van der Waals surface area (Å²) in [6.07, 6.45) is 0.792. The number of hydrogen-bond acceptors (Lipinski definition) is 1. The Kier molecular flexibility index (Phi) is 2.71. The van der Waals surface area contributed by atoms with Gasteiger partial charge in [0, 0.05) is 5.02 Å². The van der Waals surface area contributed by atoms with E-state index in [0.29, 0.717) is 5.02 Å². The van der Waals surface area contributed by atoms with Gasteiger partial charge in [-0.2, -0.15) is 0 Å². The van der Waals surface area contributed by atoms with Crippen LogP contribution in [0.3, 0.4) is 0 Å². The highest BCUT2D eigenvalue weighted by Crippen LogP contribution is 2.15. The van der Waals surface area contributed by atoms with Crippen molar-refractivity contribution in [2.75, 3.05) is 0 Å². The van der Waals surface area contributed by atoms with Gasteiger partial charge in [-0.1, -0.05) is 18.5 Å². The quantitative estimate of drug-likeness (QED) is 0.767. The van der Waals surface area contributed by atoms with E-state index in [-0.39, 0.29) is 5.56 Å². The predicted molar refractivity (Wildman–Crippen MR) is 47.8 cm³/mol. The Bertz CT molecular complexity index is 307. The van der Waals surface area contributed by atoms with E-state index in [1.807, 2.05) is 6.92 Å². The molecule has 0 heterocycles. The van der Waals surface area contributed by atoms with Crippen molar-refractivity contribution in [3.05, 3.63) is 34.3 Å². The summed E-state index contributed by atoms with van der Waals surface area (Å²) in [6.45, 7) is 1.96. The maximum absolute atomic E-state index is 10.6. The Hall–Kier alpha value is -1.02. The van der Waals surface area contributed by atoms with E-state index in [2.05, 4.69) is 0 Å². The van der Waals surface area contributed by atoms with Crippen LogP contribution in [0.2, 0.25) is 5.02 Å². The van der Waals surface area contributed by atoms with Gasteiger partial charge in [0.15, 0.2) is 0 Å². The molecule has 0 fully saturated rings. The third-order valence-corrected chi connectivity index (χ3v) is 1.83. The van der Waals surface area contributed by atoms with Crippen molar-refractivity contribution in [3.8, 4) is 0 Å². The van der Waals surface area contributed by atoms with Gasteiger partial charge in [-0.15, -0.1) is 0 Å². The first-order valence-electron chi connectivity index (χ1n) is 3.66. The van der Waals surface area contributed by atoms with Crippen LogP contribution in [0.15, 0.2) is 18.2 Å². The minimum Gasteiger partial charge on any atom is -0.478 e. The Morgan fingerprint density at radius 1 is 1.50 bits per heavy atom. The van der Waals surface area contributed by atoms with Crippen LogP contribution in [0.25, 0.3) is 0 Å². The number of aromatic carboxylic acids is 1. The van der Waals surface area contributed by atoms with Crippen LogP contribution in [-0.2, 0) is 6.42 Å². The molecule has 0 saturated carbocycles. The number of halogens is 1. The summed E-state index contributed by atoms with van der Waals surface area (Å²) in [5, 5.41) is 9.15. The third-order valence-electron chi connectivity index (χ3n) is 1.61. The molecule has 0 aromatic heterocycles. The van der Waals surface area contributed by atoms with E-state index in [0.717, 1.165) is 12.0 Å². The molecule has 1 rings (SSSR count). The van der Waals surface area contributed by atoms with E-state index in [4.69, 9.17) is 16.7 Å². The zero-order valence-corrected chi connectivity index (χ0v) is 7.43. The molecule has 0 radical (unpaired) electrons. The van der Waals surface area contributed by atoms with Crippen LogP contribution in [-0.4, -0.2) is 11.1 Å².